The van der Waals surface area contributed by atoms with Gasteiger partial charge in [-0.2, -0.15) is 0 Å². The lowest BCUT2D eigenvalue weighted by Gasteiger charge is -2.35. The van der Waals surface area contributed by atoms with Gasteiger partial charge in [0.05, 0.1) is 0 Å². The first-order valence-electron chi connectivity index (χ1n) is 7.99. The zero-order chi connectivity index (χ0) is 14.2. The molecule has 3 heteroatoms. The van der Waals surface area contributed by atoms with Crippen LogP contribution in [-0.4, -0.2) is 30.1 Å². The predicted octanol–water partition coefficient (Wildman–Crippen LogP) is 4.64. The van der Waals surface area contributed by atoms with E-state index < -0.39 is 0 Å². The van der Waals surface area contributed by atoms with Crippen LogP contribution >= 0.6 is 15.9 Å². The molecule has 2 aromatic carbocycles. The third-order valence-electron chi connectivity index (χ3n) is 5.05. The molecule has 0 bridgehead atoms. The molecule has 110 valence electrons. The van der Waals surface area contributed by atoms with Gasteiger partial charge in [-0.3, -0.25) is 0 Å². The molecule has 4 rings (SSSR count). The van der Waals surface area contributed by atoms with Crippen molar-refractivity contribution in [2.24, 2.45) is 0 Å². The van der Waals surface area contributed by atoms with Crippen molar-refractivity contribution in [1.82, 2.24) is 4.90 Å². The molecule has 0 aliphatic carbocycles. The number of piperidine rings is 1. The minimum absolute atomic E-state index is 0.619. The van der Waals surface area contributed by atoms with Crippen LogP contribution in [0.25, 0.3) is 10.8 Å². The first-order chi connectivity index (χ1) is 10.3. The van der Waals surface area contributed by atoms with Crippen LogP contribution in [0.3, 0.4) is 0 Å². The molecule has 2 aromatic rings. The molecule has 2 unspecified atom stereocenters. The van der Waals surface area contributed by atoms with E-state index in [4.69, 9.17) is 0 Å². The summed E-state index contributed by atoms with van der Waals surface area (Å²) in [6.45, 7) is 2.58. The predicted molar refractivity (Wildman–Crippen MR) is 92.9 cm³/mol. The van der Waals surface area contributed by atoms with E-state index in [0.717, 1.165) is 6.04 Å². The number of hydrogen-bond acceptors (Lipinski definition) is 2. The van der Waals surface area contributed by atoms with E-state index in [1.54, 1.807) is 0 Å². The molecule has 2 saturated heterocycles. The SMILES string of the molecule is Brc1ccc(NC2CCN3CCCC3C2)c2ccccc12. The third kappa shape index (κ3) is 2.58. The Bertz CT molecular complexity index is 655. The van der Waals surface area contributed by atoms with Gasteiger partial charge < -0.3 is 10.2 Å². The molecule has 0 spiro atoms. The third-order valence-corrected chi connectivity index (χ3v) is 5.74. The molecular formula is C18H21BrN2. The fourth-order valence-corrected chi connectivity index (χ4v) is 4.44. The second-order valence-corrected chi connectivity index (χ2v) is 7.19. The van der Waals surface area contributed by atoms with E-state index in [1.807, 2.05) is 0 Å². The summed E-state index contributed by atoms with van der Waals surface area (Å²) in [6.07, 6.45) is 5.34. The second kappa shape index (κ2) is 5.62. The summed E-state index contributed by atoms with van der Waals surface area (Å²) in [7, 11) is 0. The molecule has 2 aliphatic rings. The standard InChI is InChI=1S/C18H21BrN2/c19-17-7-8-18(16-6-2-1-5-15(16)17)20-13-9-11-21-10-3-4-14(21)12-13/h1-2,5-8,13-14,20H,3-4,9-12H2. The number of benzene rings is 2. The summed E-state index contributed by atoms with van der Waals surface area (Å²) < 4.78 is 1.18. The van der Waals surface area contributed by atoms with Gasteiger partial charge in [-0.25, -0.2) is 0 Å². The summed E-state index contributed by atoms with van der Waals surface area (Å²) in [5.74, 6) is 0. The number of fused-ring (bicyclic) bond motifs is 2. The van der Waals surface area contributed by atoms with Crippen molar-refractivity contribution in [3.05, 3.63) is 40.9 Å². The van der Waals surface area contributed by atoms with E-state index in [9.17, 15) is 0 Å². The maximum atomic E-state index is 3.82. The Morgan fingerprint density at radius 2 is 1.86 bits per heavy atom. The number of hydrogen-bond donors (Lipinski definition) is 1. The minimum atomic E-state index is 0.619. The molecule has 2 heterocycles. The number of halogens is 1. The summed E-state index contributed by atoms with van der Waals surface area (Å²) in [4.78, 5) is 2.68. The lowest BCUT2D eigenvalue weighted by molar-refractivity contribution is 0.188. The molecule has 21 heavy (non-hydrogen) atoms. The highest BCUT2D eigenvalue weighted by Crippen LogP contribution is 2.33. The fraction of sp³-hybridized carbons (Fsp3) is 0.444. The van der Waals surface area contributed by atoms with Gasteiger partial charge in [0.1, 0.15) is 0 Å². The van der Waals surface area contributed by atoms with Gasteiger partial charge in [-0.05, 0) is 49.7 Å². The molecule has 0 aromatic heterocycles. The highest BCUT2D eigenvalue weighted by Gasteiger charge is 2.31. The first-order valence-corrected chi connectivity index (χ1v) is 8.78. The Balaban J connectivity index is 1.58. The Labute approximate surface area is 134 Å². The van der Waals surface area contributed by atoms with Crippen LogP contribution in [0.5, 0.6) is 0 Å². The Kier molecular flexibility index (Phi) is 3.64. The number of nitrogens with zero attached hydrogens (tertiary/aromatic N) is 1. The molecule has 1 N–H and O–H groups in total. The fourth-order valence-electron chi connectivity index (χ4n) is 3.96. The Hall–Kier alpha value is -1.06. The van der Waals surface area contributed by atoms with Crippen LogP contribution in [0, 0.1) is 0 Å². The molecule has 2 aliphatic heterocycles. The van der Waals surface area contributed by atoms with Gasteiger partial charge in [0.2, 0.25) is 0 Å². The minimum Gasteiger partial charge on any atom is -0.382 e. The van der Waals surface area contributed by atoms with Crippen LogP contribution in [0.4, 0.5) is 5.69 Å². The maximum Gasteiger partial charge on any atom is 0.0422 e. The van der Waals surface area contributed by atoms with Gasteiger partial charge in [-0.1, -0.05) is 40.2 Å². The largest absolute Gasteiger partial charge is 0.382 e. The monoisotopic (exact) mass is 344 g/mol. The van der Waals surface area contributed by atoms with Crippen LogP contribution in [-0.2, 0) is 0 Å². The van der Waals surface area contributed by atoms with Gasteiger partial charge >= 0.3 is 0 Å². The summed E-state index contributed by atoms with van der Waals surface area (Å²) >= 11 is 3.66. The van der Waals surface area contributed by atoms with Crippen molar-refractivity contribution < 1.29 is 0 Å². The molecule has 0 radical (unpaired) electrons. The maximum absolute atomic E-state index is 3.82. The molecule has 0 amide bonds. The van der Waals surface area contributed by atoms with Crippen LogP contribution < -0.4 is 5.32 Å². The Morgan fingerprint density at radius 1 is 1.00 bits per heavy atom. The molecule has 0 saturated carbocycles. The average molecular weight is 345 g/mol. The zero-order valence-corrected chi connectivity index (χ0v) is 13.8. The highest BCUT2D eigenvalue weighted by molar-refractivity contribution is 9.10. The van der Waals surface area contributed by atoms with Crippen molar-refractivity contribution in [2.45, 2.75) is 37.8 Å². The number of anilines is 1. The quantitative estimate of drug-likeness (QED) is 0.853. The van der Waals surface area contributed by atoms with Crippen LogP contribution in [0.2, 0.25) is 0 Å². The molecule has 2 fully saturated rings. The second-order valence-electron chi connectivity index (χ2n) is 6.34. The van der Waals surface area contributed by atoms with E-state index in [-0.39, 0.29) is 0 Å². The number of rotatable bonds is 2. The van der Waals surface area contributed by atoms with Crippen molar-refractivity contribution in [1.29, 1.82) is 0 Å². The number of nitrogens with one attached hydrogen (secondary N) is 1. The summed E-state index contributed by atoms with van der Waals surface area (Å²) in [6, 6.07) is 14.4. The van der Waals surface area contributed by atoms with Crippen LogP contribution in [0.15, 0.2) is 40.9 Å². The zero-order valence-electron chi connectivity index (χ0n) is 12.2. The molecular weight excluding hydrogens is 324 g/mol. The van der Waals surface area contributed by atoms with Crippen molar-refractivity contribution in [3.63, 3.8) is 0 Å². The Morgan fingerprint density at radius 3 is 2.76 bits per heavy atom. The first kappa shape index (κ1) is 13.6. The molecule has 2 atom stereocenters. The van der Waals surface area contributed by atoms with Gasteiger partial charge in [0.25, 0.3) is 0 Å². The van der Waals surface area contributed by atoms with Crippen molar-refractivity contribution in [3.8, 4) is 0 Å². The van der Waals surface area contributed by atoms with Crippen molar-refractivity contribution >= 4 is 32.4 Å². The van der Waals surface area contributed by atoms with E-state index in [2.05, 4.69) is 62.5 Å². The summed E-state index contributed by atoms with van der Waals surface area (Å²) in [5, 5.41) is 6.43. The van der Waals surface area contributed by atoms with E-state index >= 15 is 0 Å². The average Bonchev–Trinajstić information content (AvgIpc) is 2.98. The van der Waals surface area contributed by atoms with E-state index in [1.165, 1.54) is 59.7 Å². The van der Waals surface area contributed by atoms with Gasteiger partial charge in [-0.15, -0.1) is 0 Å². The highest BCUT2D eigenvalue weighted by atomic mass is 79.9. The van der Waals surface area contributed by atoms with E-state index in [0.29, 0.717) is 6.04 Å². The normalized spacial score (nSPS) is 26.0. The topological polar surface area (TPSA) is 15.3 Å². The molecule has 2 nitrogen and oxygen atoms in total. The van der Waals surface area contributed by atoms with Gasteiger partial charge in [0, 0.05) is 34.2 Å². The van der Waals surface area contributed by atoms with Crippen molar-refractivity contribution in [2.75, 3.05) is 18.4 Å². The van der Waals surface area contributed by atoms with Crippen LogP contribution in [0.1, 0.15) is 25.7 Å². The summed E-state index contributed by atoms with van der Waals surface area (Å²) in [5.41, 5.74) is 1.28. The lowest BCUT2D eigenvalue weighted by atomic mass is 9.97. The van der Waals surface area contributed by atoms with Gasteiger partial charge in [0.15, 0.2) is 0 Å². The smallest absolute Gasteiger partial charge is 0.0422 e. The lowest BCUT2D eigenvalue weighted by Crippen LogP contribution is -2.42.